The largest absolute Gasteiger partial charge is 0.416 e. The molecule has 9 aromatic rings. The zero-order valence-electron chi connectivity index (χ0n) is 55.5. The molecule has 2 aliphatic heterocycles. The van der Waals surface area contributed by atoms with E-state index in [0.29, 0.717) is 95.2 Å². The Labute approximate surface area is 569 Å². The van der Waals surface area contributed by atoms with Gasteiger partial charge in [0, 0.05) is 95.0 Å². The van der Waals surface area contributed by atoms with E-state index in [4.69, 9.17) is 10.5 Å². The minimum absolute atomic E-state index is 0.0275. The molecule has 3 atom stereocenters. The van der Waals surface area contributed by atoms with Crippen molar-refractivity contribution in [2.75, 3.05) is 93.7 Å². The lowest BCUT2D eigenvalue weighted by molar-refractivity contribution is -0.138. The lowest BCUT2D eigenvalue weighted by Gasteiger charge is -2.36. The third kappa shape index (κ3) is 17.1. The molecule has 6 aromatic heterocycles. The fourth-order valence-electron chi connectivity index (χ4n) is 12.2. The third-order valence-corrected chi connectivity index (χ3v) is 19.1. The summed E-state index contributed by atoms with van der Waals surface area (Å²) >= 11 is 1.36. The molecule has 1 saturated heterocycles. The van der Waals surface area contributed by atoms with E-state index in [9.17, 15) is 54.2 Å². The molecule has 3 aromatic carbocycles. The molecule has 0 spiro atoms. The van der Waals surface area contributed by atoms with Crippen LogP contribution < -0.4 is 26.6 Å². The molecule has 1 saturated carbocycles. The number of thiophene rings is 1. The van der Waals surface area contributed by atoms with Crippen LogP contribution in [-0.4, -0.2) is 138 Å². The number of nitrogens with zero attached hydrogens (tertiary/aromatic N) is 12. The van der Waals surface area contributed by atoms with Crippen LogP contribution in [0.3, 0.4) is 0 Å². The van der Waals surface area contributed by atoms with Gasteiger partial charge in [0.15, 0.2) is 17.3 Å². The van der Waals surface area contributed by atoms with Gasteiger partial charge < -0.3 is 51.1 Å². The van der Waals surface area contributed by atoms with Gasteiger partial charge in [-0.1, -0.05) is 36.9 Å². The molecule has 1 aliphatic carbocycles. The molecule has 12 rings (SSSR count). The van der Waals surface area contributed by atoms with Crippen LogP contribution >= 0.6 is 11.3 Å². The van der Waals surface area contributed by atoms with Gasteiger partial charge in [0.25, 0.3) is 0 Å². The van der Waals surface area contributed by atoms with E-state index in [2.05, 4.69) is 62.3 Å². The Kier molecular flexibility index (Phi) is 21.8. The Balaban J connectivity index is 0.000000161. The number of carbonyl (C=O) groups is 2. The number of halogens is 9. The van der Waals surface area contributed by atoms with Crippen molar-refractivity contribution in [3.63, 3.8) is 0 Å². The third-order valence-electron chi connectivity index (χ3n) is 17.8. The maximum absolute atomic E-state index is 13.2. The summed E-state index contributed by atoms with van der Waals surface area (Å²) in [5.41, 5.74) is 9.35. The number of imidazole rings is 1. The van der Waals surface area contributed by atoms with Crippen LogP contribution in [0.5, 0.6) is 0 Å². The van der Waals surface area contributed by atoms with E-state index in [-0.39, 0.29) is 36.1 Å². The predicted octanol–water partition coefficient (Wildman–Crippen LogP) is 13.7. The fraction of sp³-hybridized carbons (Fsp3) is 0.391. The highest BCUT2D eigenvalue weighted by atomic mass is 32.1. The average Bonchev–Trinajstić information content (AvgIpc) is 1.63. The summed E-state index contributed by atoms with van der Waals surface area (Å²) < 4.78 is 127. The molecule has 99 heavy (non-hydrogen) atoms. The summed E-state index contributed by atoms with van der Waals surface area (Å²) in [7, 11) is 4.96. The number of nitrogens with one attached hydrogen (secondary N) is 3. The number of anilines is 5. The average molecular weight is 1400 g/mol. The Morgan fingerprint density at radius 3 is 1.95 bits per heavy atom. The van der Waals surface area contributed by atoms with Gasteiger partial charge in [-0.2, -0.15) is 44.6 Å². The normalized spacial score (nSPS) is 17.8. The number of hydrogen-bond donors (Lipinski definition) is 5. The number of carbonyl (C=O) groups excluding carboxylic acids is 2. The summed E-state index contributed by atoms with van der Waals surface area (Å²) in [5, 5.41) is 25.9. The van der Waals surface area contributed by atoms with Crippen LogP contribution in [0.2, 0.25) is 0 Å². The molecular weight excluding hydrogens is 1320 g/mol. The van der Waals surface area contributed by atoms with E-state index >= 15 is 0 Å². The van der Waals surface area contributed by atoms with E-state index in [1.165, 1.54) is 55.4 Å². The van der Waals surface area contributed by atoms with Gasteiger partial charge in [0.1, 0.15) is 35.4 Å². The van der Waals surface area contributed by atoms with E-state index in [1.54, 1.807) is 73.0 Å². The molecule has 526 valence electrons. The van der Waals surface area contributed by atoms with Crippen molar-refractivity contribution in [1.82, 2.24) is 53.6 Å². The number of rotatable bonds is 16. The summed E-state index contributed by atoms with van der Waals surface area (Å²) in [6, 6.07) is 16.6. The van der Waals surface area contributed by atoms with E-state index in [0.717, 1.165) is 89.6 Å². The number of amides is 2. The first-order chi connectivity index (χ1) is 46.9. The summed E-state index contributed by atoms with van der Waals surface area (Å²) in [6.45, 7) is 16.1. The quantitative estimate of drug-likeness (QED) is 0.0448. The highest BCUT2D eigenvalue weighted by Gasteiger charge is 2.40. The molecule has 8 heterocycles. The highest BCUT2D eigenvalue weighted by molar-refractivity contribution is 7.18. The van der Waals surface area contributed by atoms with Crippen LogP contribution in [0.1, 0.15) is 122 Å². The van der Waals surface area contributed by atoms with E-state index < -0.39 is 52.9 Å². The first-order valence-corrected chi connectivity index (χ1v) is 32.8. The molecule has 20 nitrogen and oxygen atoms in total. The Morgan fingerprint density at radius 2 is 1.35 bits per heavy atom. The second-order valence-electron chi connectivity index (χ2n) is 25.0. The van der Waals surface area contributed by atoms with Gasteiger partial charge in [-0.05, 0) is 137 Å². The molecule has 6 N–H and O–H groups in total. The maximum Gasteiger partial charge on any atom is 0.416 e. The summed E-state index contributed by atoms with van der Waals surface area (Å²) in [4.78, 5) is 55.4. The molecular formula is C69H77F9N16O4S. The smallest absolute Gasteiger partial charge is 0.399 e. The summed E-state index contributed by atoms with van der Waals surface area (Å²) in [5.74, 6) is 1.43. The number of aromatic nitrogens is 8. The standard InChI is InChI=1S/C24H28F3N5O2S.C23H24F3N5O2.C22H25F3N6/c1-13(15-8-16(24(25,26)27)10-17(28)9-15)31-20-18-11-19(35-21(18)30-12-29-20)23(34)6-4-14(5-7-23)22(33)32(2)3;1-15(17-4-3-5-18(12-17)23(24,25)26)29-21-22-28-13-19(31(22)11-8-27-21)16-6-9-30(10-7-16)20(32)14-33-2;1-15(2)29-7-9-30(10-8-29)19-12-20-21(26-14-27-31(20)13-19)28-16(3)17-5-4-6-18(11-17)22(23,24)25/h8-14,34H,4-7,28H2,1-3H3,(H,29,30,31);3-6,8,11-13,15H,7,9-10,14H2,1-2H3,(H,27,29);4-6,11-14,16H,1,7-10H2,2-3H3,(H,26,27,28)/t13-,14?,23?;15-;16-/m111/s1. The number of ether oxygens (including phenoxy) is 1. The minimum Gasteiger partial charge on any atom is -0.399 e. The molecule has 0 bridgehead atoms. The van der Waals surface area contributed by atoms with Crippen molar-refractivity contribution in [2.45, 2.75) is 102 Å². The Morgan fingerprint density at radius 1 is 0.747 bits per heavy atom. The van der Waals surface area contributed by atoms with Crippen LogP contribution in [0.25, 0.3) is 27.0 Å². The first-order valence-electron chi connectivity index (χ1n) is 31.9. The second-order valence-corrected chi connectivity index (χ2v) is 26.1. The number of alkyl halides is 9. The molecule has 0 unspecified atom stereocenters. The lowest BCUT2D eigenvalue weighted by atomic mass is 9.77. The fourth-order valence-corrected chi connectivity index (χ4v) is 13.4. The molecule has 2 fully saturated rings. The zero-order chi connectivity index (χ0) is 71.3. The van der Waals surface area contributed by atoms with Gasteiger partial charge in [0.2, 0.25) is 11.8 Å². The van der Waals surface area contributed by atoms with Crippen LogP contribution in [0, 0.1) is 5.92 Å². The summed E-state index contributed by atoms with van der Waals surface area (Å²) in [6.07, 6.45) is 1.44. The topological polar surface area (TPSA) is 225 Å². The van der Waals surface area contributed by atoms with Crippen LogP contribution in [0.15, 0.2) is 135 Å². The van der Waals surface area contributed by atoms with Gasteiger partial charge in [-0.15, -0.1) is 11.3 Å². The monoisotopic (exact) mass is 1400 g/mol. The molecule has 30 heteroatoms. The minimum atomic E-state index is -4.50. The Bertz CT molecular complexity index is 4380. The number of hydrogen-bond acceptors (Lipinski definition) is 17. The van der Waals surface area contributed by atoms with Gasteiger partial charge in [-0.25, -0.2) is 29.4 Å². The molecule has 3 aliphatic rings. The number of fused-ring (bicyclic) bond motifs is 3. The number of allylic oxidation sites excluding steroid dienone is 1. The maximum atomic E-state index is 13.2. The highest BCUT2D eigenvalue weighted by Crippen LogP contribution is 2.45. The lowest BCUT2D eigenvalue weighted by Crippen LogP contribution is -2.45. The van der Waals surface area contributed by atoms with E-state index in [1.807, 2.05) is 42.7 Å². The predicted molar refractivity (Wildman–Crippen MR) is 362 cm³/mol. The van der Waals surface area contributed by atoms with Crippen LogP contribution in [-0.2, 0) is 38.5 Å². The number of methoxy groups -OCH3 is 1. The van der Waals surface area contributed by atoms with Crippen molar-refractivity contribution in [3.8, 4) is 0 Å². The number of piperazine rings is 1. The zero-order valence-corrected chi connectivity index (χ0v) is 56.3. The van der Waals surface area contributed by atoms with Crippen LogP contribution in [0.4, 0.5) is 68.3 Å². The van der Waals surface area contributed by atoms with Crippen molar-refractivity contribution in [1.29, 1.82) is 0 Å². The van der Waals surface area contributed by atoms with Gasteiger partial charge >= 0.3 is 18.5 Å². The first kappa shape index (κ1) is 72.2. The van der Waals surface area contributed by atoms with Crippen molar-refractivity contribution >= 4 is 78.9 Å². The number of nitrogen functional groups attached to an aromatic ring is 1. The van der Waals surface area contributed by atoms with Crippen molar-refractivity contribution in [2.24, 2.45) is 5.92 Å². The SMILES string of the molecule is C=C(C)N1CCN(c2cc3c(N[C@H](C)c4cccc(C(F)(F)F)c4)ncnn3c2)CC1.COCC(=O)N1CC=C(c2cnc3c(N[C@H](C)c4cccc(C(F)(F)F)c4)nccn23)CC1.C[C@@H](Nc1ncnc2sc(C3(O)CCC(C(=O)N(C)C)CC3)cc12)c1cc(N)cc(C(F)(F)F)c1. The Hall–Kier alpha value is -9.55. The molecule has 0 radical (unpaired) electrons. The number of aliphatic hydroxyl groups is 1. The number of nitrogens with two attached hydrogens (primary N) is 1. The van der Waals surface area contributed by atoms with Gasteiger partial charge in [-0.3, -0.25) is 14.0 Å². The van der Waals surface area contributed by atoms with Gasteiger partial charge in [0.05, 0.1) is 69.6 Å². The number of benzene rings is 3. The van der Waals surface area contributed by atoms with Crippen molar-refractivity contribution < 1.29 is 58.9 Å². The van der Waals surface area contributed by atoms with Crippen molar-refractivity contribution in [3.05, 3.63) is 179 Å². The molecule has 2 amide bonds. The second kappa shape index (κ2) is 29.9.